The van der Waals surface area contributed by atoms with Crippen molar-refractivity contribution in [2.24, 2.45) is 0 Å². The van der Waals surface area contributed by atoms with Crippen molar-refractivity contribution in [1.29, 1.82) is 0 Å². The largest absolute Gasteiger partial charge is 1.00 e. The maximum atomic E-state index is 10.9. The van der Waals surface area contributed by atoms with Crippen LogP contribution in [0.15, 0.2) is 0 Å². The van der Waals surface area contributed by atoms with Gasteiger partial charge < -0.3 is 72.5 Å². The molecule has 178 valence electrons. The number of rotatable bonds is 6. The Labute approximate surface area is 194 Å². The van der Waals surface area contributed by atoms with Crippen LogP contribution in [-0.2, 0) is 23.7 Å². The summed E-state index contributed by atoms with van der Waals surface area (Å²) in [6.45, 7) is -1.01. The molecule has 2 saturated heterocycles. The van der Waals surface area contributed by atoms with Gasteiger partial charge in [-0.3, -0.25) is 4.79 Å². The SMILES string of the molecule is CC(=O)OC[C@H]1O[C@H](O[C@]2(CO)O[C@H](CO)[C@@H](O)[C@@H]2O)[C@H](O)[C@@H](O)[C@@H]1O.O.O.O.[H-].[Na+]. The van der Waals surface area contributed by atoms with Gasteiger partial charge in [0, 0.05) is 6.92 Å². The van der Waals surface area contributed by atoms with Crippen LogP contribution in [0.25, 0.3) is 0 Å². The van der Waals surface area contributed by atoms with Crippen LogP contribution in [0.5, 0.6) is 0 Å². The Kier molecular flexibility index (Phi) is 16.3. The van der Waals surface area contributed by atoms with Gasteiger partial charge in [0.1, 0.15) is 55.9 Å². The fourth-order valence-electron chi connectivity index (χ4n) is 2.82. The van der Waals surface area contributed by atoms with Gasteiger partial charge in [-0.15, -0.1) is 0 Å². The summed E-state index contributed by atoms with van der Waals surface area (Å²) >= 11 is 0. The van der Waals surface area contributed by atoms with E-state index in [9.17, 15) is 35.4 Å². The first-order chi connectivity index (χ1) is 12.2. The first-order valence-electron chi connectivity index (χ1n) is 7.93. The molecular formula is C14H31NaO15. The molecule has 0 saturated carbocycles. The Balaban J connectivity index is -0.000000729. The quantitative estimate of drug-likeness (QED) is 0.143. The molecule has 16 heteroatoms. The van der Waals surface area contributed by atoms with Crippen molar-refractivity contribution in [2.45, 2.75) is 61.7 Å². The summed E-state index contributed by atoms with van der Waals surface area (Å²) in [7, 11) is 0. The summed E-state index contributed by atoms with van der Waals surface area (Å²) in [6, 6.07) is 0. The molecule has 2 rings (SSSR count). The van der Waals surface area contributed by atoms with E-state index in [1.165, 1.54) is 0 Å². The number of aliphatic hydroxyl groups excluding tert-OH is 7. The molecular weight excluding hydrogens is 431 g/mol. The fraction of sp³-hybridized carbons (Fsp3) is 0.929. The minimum atomic E-state index is -2.26. The van der Waals surface area contributed by atoms with E-state index in [2.05, 4.69) is 0 Å². The summed E-state index contributed by atoms with van der Waals surface area (Å²) in [5.74, 6) is -2.93. The van der Waals surface area contributed by atoms with Crippen LogP contribution in [0.2, 0.25) is 0 Å². The third-order valence-corrected chi connectivity index (χ3v) is 4.34. The van der Waals surface area contributed by atoms with Crippen molar-refractivity contribution < 1.29 is 107 Å². The third-order valence-electron chi connectivity index (χ3n) is 4.34. The van der Waals surface area contributed by atoms with Crippen LogP contribution in [-0.4, -0.2) is 133 Å². The van der Waals surface area contributed by atoms with Crippen LogP contribution in [0, 0.1) is 0 Å². The maximum Gasteiger partial charge on any atom is 1.00 e. The maximum absolute atomic E-state index is 10.9. The standard InChI is InChI=1S/C14H24O12.Na.3H2O.H/c1-5(17)23-3-7-8(18)10(20)11(21)13(24-7)26-14(4-16)12(22)9(19)6(2-15)25-14;;;;;/h6-13,15-16,18-22H,2-4H2,1H3;;3*1H2;/q;+1;;;;-1/t6-,7-,8-,9-,10+,11-,12+,13-,14+;;;;;/m1...../s1. The Morgan fingerprint density at radius 1 is 0.967 bits per heavy atom. The topological polar surface area (TPSA) is 290 Å². The number of esters is 1. The summed E-state index contributed by atoms with van der Waals surface area (Å²) in [6.07, 6.45) is -12.9. The molecule has 2 aliphatic heterocycles. The molecule has 0 aliphatic carbocycles. The number of hydrogen-bond acceptors (Lipinski definition) is 12. The van der Waals surface area contributed by atoms with Crippen molar-refractivity contribution in [3.05, 3.63) is 0 Å². The minimum Gasteiger partial charge on any atom is -1.00 e. The Morgan fingerprint density at radius 3 is 1.97 bits per heavy atom. The van der Waals surface area contributed by atoms with Crippen LogP contribution < -0.4 is 29.6 Å². The summed E-state index contributed by atoms with van der Waals surface area (Å²) in [5.41, 5.74) is 0. The molecule has 0 radical (unpaired) electrons. The van der Waals surface area contributed by atoms with Gasteiger partial charge in [-0.25, -0.2) is 0 Å². The monoisotopic (exact) mass is 462 g/mol. The van der Waals surface area contributed by atoms with E-state index in [0.29, 0.717) is 0 Å². The van der Waals surface area contributed by atoms with E-state index in [-0.39, 0.29) is 47.4 Å². The second-order valence-corrected chi connectivity index (χ2v) is 6.18. The van der Waals surface area contributed by atoms with E-state index in [1.54, 1.807) is 0 Å². The van der Waals surface area contributed by atoms with E-state index in [1.807, 2.05) is 0 Å². The predicted octanol–water partition coefficient (Wildman–Crippen LogP) is -10.2. The number of ether oxygens (including phenoxy) is 4. The normalized spacial score (nSPS) is 40.1. The summed E-state index contributed by atoms with van der Waals surface area (Å²) < 4.78 is 20.4. The summed E-state index contributed by atoms with van der Waals surface area (Å²) in [4.78, 5) is 10.9. The van der Waals surface area contributed by atoms with E-state index < -0.39 is 80.6 Å². The van der Waals surface area contributed by atoms with Crippen molar-refractivity contribution in [1.82, 2.24) is 0 Å². The molecule has 2 heterocycles. The van der Waals surface area contributed by atoms with Gasteiger partial charge in [0.15, 0.2) is 6.29 Å². The molecule has 0 aromatic rings. The average molecular weight is 462 g/mol. The van der Waals surface area contributed by atoms with Gasteiger partial charge in [0.25, 0.3) is 0 Å². The number of aliphatic hydroxyl groups is 7. The molecule has 30 heavy (non-hydrogen) atoms. The van der Waals surface area contributed by atoms with Crippen molar-refractivity contribution in [2.75, 3.05) is 19.8 Å². The van der Waals surface area contributed by atoms with E-state index in [4.69, 9.17) is 24.1 Å². The molecule has 15 nitrogen and oxygen atoms in total. The second kappa shape index (κ2) is 14.2. The Hall–Kier alpha value is -0.0500. The fourth-order valence-corrected chi connectivity index (χ4v) is 2.82. The molecule has 2 aliphatic rings. The number of carbonyl (C=O) groups excluding carboxylic acids is 1. The van der Waals surface area contributed by atoms with Crippen LogP contribution >= 0.6 is 0 Å². The minimum absolute atomic E-state index is 0. The predicted molar refractivity (Wildman–Crippen MR) is 90.1 cm³/mol. The molecule has 0 aromatic heterocycles. The summed E-state index contributed by atoms with van der Waals surface area (Å²) in [5, 5.41) is 68.6. The van der Waals surface area contributed by atoms with Gasteiger partial charge in [-0.05, 0) is 0 Å². The second-order valence-electron chi connectivity index (χ2n) is 6.18. The van der Waals surface area contributed by atoms with Crippen LogP contribution in [0.1, 0.15) is 8.35 Å². The smallest absolute Gasteiger partial charge is 1.00 e. The van der Waals surface area contributed by atoms with Crippen molar-refractivity contribution >= 4 is 5.97 Å². The molecule has 0 spiro atoms. The van der Waals surface area contributed by atoms with Crippen LogP contribution in [0.3, 0.4) is 0 Å². The molecule has 13 N–H and O–H groups in total. The van der Waals surface area contributed by atoms with Crippen molar-refractivity contribution in [3.63, 3.8) is 0 Å². The van der Waals surface area contributed by atoms with Gasteiger partial charge in [0.2, 0.25) is 5.79 Å². The van der Waals surface area contributed by atoms with Gasteiger partial charge in [-0.1, -0.05) is 0 Å². The Morgan fingerprint density at radius 2 is 1.53 bits per heavy atom. The zero-order valence-electron chi connectivity index (χ0n) is 17.4. The zero-order chi connectivity index (χ0) is 19.6. The molecule has 0 unspecified atom stereocenters. The van der Waals surface area contributed by atoms with Crippen molar-refractivity contribution in [3.8, 4) is 0 Å². The number of hydrogen-bond donors (Lipinski definition) is 7. The zero-order valence-corrected chi connectivity index (χ0v) is 18.4. The first-order valence-corrected chi connectivity index (χ1v) is 7.93. The molecule has 9 atom stereocenters. The average Bonchev–Trinajstić information content (AvgIpc) is 2.86. The van der Waals surface area contributed by atoms with Gasteiger partial charge in [0.05, 0.1) is 6.61 Å². The van der Waals surface area contributed by atoms with Gasteiger partial charge in [-0.2, -0.15) is 0 Å². The Bertz CT molecular complexity index is 504. The molecule has 0 bridgehead atoms. The van der Waals surface area contributed by atoms with E-state index >= 15 is 0 Å². The molecule has 2 fully saturated rings. The molecule has 0 aromatic carbocycles. The first kappa shape index (κ1) is 34.6. The third kappa shape index (κ3) is 6.97. The van der Waals surface area contributed by atoms with Crippen LogP contribution in [0.4, 0.5) is 0 Å². The number of carbonyl (C=O) groups is 1. The van der Waals surface area contributed by atoms with Gasteiger partial charge >= 0.3 is 35.5 Å². The van der Waals surface area contributed by atoms with E-state index in [0.717, 1.165) is 6.92 Å². The molecule has 0 amide bonds.